The summed E-state index contributed by atoms with van der Waals surface area (Å²) in [6.45, 7) is 3.67. The second-order valence-electron chi connectivity index (χ2n) is 6.81. The Bertz CT molecular complexity index is 918. The highest BCUT2D eigenvalue weighted by atomic mass is 16.5. The molecule has 2 rings (SSSR count). The number of ether oxygens (including phenoxy) is 4. The first-order chi connectivity index (χ1) is 14.8. The number of amides is 1. The normalized spacial score (nSPS) is 11.7. The molecule has 10 nitrogen and oxygen atoms in total. The number of methoxy groups -OCH3 is 3. The van der Waals surface area contributed by atoms with E-state index < -0.39 is 18.0 Å². The number of benzene rings is 1. The monoisotopic (exact) mass is 433 g/mol. The van der Waals surface area contributed by atoms with Gasteiger partial charge in [-0.1, -0.05) is 6.07 Å². The fourth-order valence-corrected chi connectivity index (χ4v) is 2.85. The summed E-state index contributed by atoms with van der Waals surface area (Å²) in [6.07, 6.45) is 0.184. The van der Waals surface area contributed by atoms with E-state index in [1.807, 2.05) is 0 Å². The van der Waals surface area contributed by atoms with Crippen LogP contribution in [-0.2, 0) is 22.5 Å². The smallest absolute Gasteiger partial charge is 0.333 e. The van der Waals surface area contributed by atoms with Gasteiger partial charge in [-0.3, -0.25) is 4.79 Å². The Labute approximate surface area is 180 Å². The van der Waals surface area contributed by atoms with Crippen LogP contribution in [0, 0.1) is 0 Å². The third kappa shape index (κ3) is 6.54. The van der Waals surface area contributed by atoms with Crippen molar-refractivity contribution < 1.29 is 33.6 Å². The summed E-state index contributed by atoms with van der Waals surface area (Å²) in [4.78, 5) is 32.2. The highest BCUT2D eigenvalue weighted by Crippen LogP contribution is 2.22. The molecule has 1 heterocycles. The van der Waals surface area contributed by atoms with E-state index in [9.17, 15) is 14.7 Å². The van der Waals surface area contributed by atoms with Crippen LogP contribution in [0.3, 0.4) is 0 Å². The van der Waals surface area contributed by atoms with Crippen molar-refractivity contribution in [3.05, 3.63) is 41.1 Å². The Morgan fingerprint density at radius 1 is 1.10 bits per heavy atom. The van der Waals surface area contributed by atoms with Crippen LogP contribution >= 0.6 is 0 Å². The molecular formula is C21H27N3O7. The average Bonchev–Trinajstić information content (AvgIpc) is 2.76. The van der Waals surface area contributed by atoms with Gasteiger partial charge in [0.15, 0.2) is 6.10 Å². The minimum absolute atomic E-state index is 0.0755. The topological polar surface area (TPSA) is 129 Å². The van der Waals surface area contributed by atoms with Crippen LogP contribution in [0.2, 0.25) is 0 Å². The van der Waals surface area contributed by atoms with E-state index in [0.29, 0.717) is 16.9 Å². The van der Waals surface area contributed by atoms with Gasteiger partial charge in [0.25, 0.3) is 5.91 Å². The number of nitrogens with one attached hydrogen (secondary N) is 1. The molecule has 2 N–H and O–H groups in total. The molecule has 1 aromatic heterocycles. The summed E-state index contributed by atoms with van der Waals surface area (Å²) in [5, 5.41) is 12.3. The van der Waals surface area contributed by atoms with E-state index in [0.717, 1.165) is 0 Å². The Morgan fingerprint density at radius 3 is 2.42 bits per heavy atom. The van der Waals surface area contributed by atoms with Crippen molar-refractivity contribution in [3.8, 4) is 17.6 Å². The molecule has 0 saturated carbocycles. The first-order valence-electron chi connectivity index (χ1n) is 9.56. The number of nitrogens with zero attached hydrogens (tertiary/aromatic N) is 2. The number of carbonyl (C=O) groups excluding carboxylic acids is 1. The quantitative estimate of drug-likeness (QED) is 0.545. The lowest BCUT2D eigenvalue weighted by Crippen LogP contribution is -2.30. The number of rotatable bonds is 11. The van der Waals surface area contributed by atoms with Crippen molar-refractivity contribution in [2.24, 2.45) is 0 Å². The van der Waals surface area contributed by atoms with E-state index in [2.05, 4.69) is 15.3 Å². The van der Waals surface area contributed by atoms with Gasteiger partial charge in [0.1, 0.15) is 11.3 Å². The van der Waals surface area contributed by atoms with Gasteiger partial charge in [-0.05, 0) is 37.1 Å². The second-order valence-corrected chi connectivity index (χ2v) is 6.81. The summed E-state index contributed by atoms with van der Waals surface area (Å²) in [5.74, 6) is -0.859. The third-order valence-electron chi connectivity index (χ3n) is 4.32. The van der Waals surface area contributed by atoms with E-state index in [-0.39, 0.29) is 36.5 Å². The average molecular weight is 433 g/mol. The highest BCUT2D eigenvalue weighted by Gasteiger charge is 2.22. The van der Waals surface area contributed by atoms with Gasteiger partial charge in [0, 0.05) is 13.0 Å². The van der Waals surface area contributed by atoms with Gasteiger partial charge < -0.3 is 29.4 Å². The van der Waals surface area contributed by atoms with E-state index in [4.69, 9.17) is 18.9 Å². The molecule has 0 radical (unpaired) electrons. The molecule has 0 fully saturated rings. The predicted molar refractivity (Wildman–Crippen MR) is 111 cm³/mol. The molecule has 2 aromatic rings. The van der Waals surface area contributed by atoms with Gasteiger partial charge in [0.05, 0.1) is 33.6 Å². The number of hydrogen-bond donors (Lipinski definition) is 2. The summed E-state index contributed by atoms with van der Waals surface area (Å²) < 4.78 is 20.9. The zero-order chi connectivity index (χ0) is 23.0. The van der Waals surface area contributed by atoms with E-state index >= 15 is 0 Å². The Kier molecular flexibility index (Phi) is 8.56. The van der Waals surface area contributed by atoms with Crippen LogP contribution < -0.4 is 19.5 Å². The molecule has 0 saturated heterocycles. The fourth-order valence-electron chi connectivity index (χ4n) is 2.85. The molecule has 0 aliphatic carbocycles. The maximum Gasteiger partial charge on any atom is 0.333 e. The maximum absolute atomic E-state index is 12.7. The highest BCUT2D eigenvalue weighted by molar-refractivity contribution is 5.96. The molecule has 0 aliphatic rings. The third-order valence-corrected chi connectivity index (χ3v) is 4.32. The van der Waals surface area contributed by atoms with Gasteiger partial charge >= 0.3 is 12.0 Å². The Hall–Kier alpha value is -3.40. The number of carboxylic acid groups (broad SMARTS) is 1. The summed E-state index contributed by atoms with van der Waals surface area (Å²) in [5.41, 5.74) is 1.55. The van der Waals surface area contributed by atoms with Crippen LogP contribution in [0.4, 0.5) is 0 Å². The summed E-state index contributed by atoms with van der Waals surface area (Å²) >= 11 is 0. The van der Waals surface area contributed by atoms with Gasteiger partial charge in [-0.15, -0.1) is 0 Å². The number of aliphatic carboxylic acids is 1. The molecule has 1 unspecified atom stereocenters. The molecule has 10 heteroatoms. The lowest BCUT2D eigenvalue weighted by atomic mass is 10.0. The minimum Gasteiger partial charge on any atom is -0.497 e. The number of hydrogen-bond acceptors (Lipinski definition) is 8. The molecule has 1 aromatic carbocycles. The lowest BCUT2D eigenvalue weighted by molar-refractivity contribution is -0.153. The standard InChI is InChI=1S/C21H27N3O7/c1-12(2)31-17(20(26)27)9-13-6-7-15(28-3)8-14(13)10-22-18(25)16-11-23-21(30-5)24-19(16)29-4/h6-8,11-12,17H,9-10H2,1-5H3,(H,22,25)(H,26,27). The predicted octanol–water partition coefficient (Wildman–Crippen LogP) is 1.85. The Balaban J connectivity index is 2.23. The molecule has 31 heavy (non-hydrogen) atoms. The largest absolute Gasteiger partial charge is 0.497 e. The van der Waals surface area contributed by atoms with E-state index in [1.54, 1.807) is 32.0 Å². The molecule has 0 spiro atoms. The molecule has 168 valence electrons. The van der Waals surface area contributed by atoms with Crippen molar-refractivity contribution in [1.29, 1.82) is 0 Å². The lowest BCUT2D eigenvalue weighted by Gasteiger charge is -2.19. The second kappa shape index (κ2) is 11.1. The van der Waals surface area contributed by atoms with Crippen LogP contribution in [0.15, 0.2) is 24.4 Å². The van der Waals surface area contributed by atoms with Crippen LogP contribution in [-0.4, -0.2) is 60.5 Å². The van der Waals surface area contributed by atoms with Gasteiger partial charge in [-0.2, -0.15) is 4.98 Å². The van der Waals surface area contributed by atoms with Crippen molar-refractivity contribution in [2.45, 2.75) is 39.0 Å². The van der Waals surface area contributed by atoms with Crippen LogP contribution in [0.5, 0.6) is 17.6 Å². The molecule has 1 atom stereocenters. The first kappa shape index (κ1) is 23.9. The molecule has 0 bridgehead atoms. The van der Waals surface area contributed by atoms with Crippen LogP contribution in [0.25, 0.3) is 0 Å². The van der Waals surface area contributed by atoms with Crippen molar-refractivity contribution in [1.82, 2.24) is 15.3 Å². The first-order valence-corrected chi connectivity index (χ1v) is 9.56. The number of aromatic nitrogens is 2. The van der Waals surface area contributed by atoms with Crippen molar-refractivity contribution in [2.75, 3.05) is 21.3 Å². The SMILES string of the molecule is COc1ccc(CC(OC(C)C)C(=O)O)c(CNC(=O)c2cnc(OC)nc2OC)c1. The minimum atomic E-state index is -1.06. The zero-order valence-corrected chi connectivity index (χ0v) is 18.2. The van der Waals surface area contributed by atoms with Crippen molar-refractivity contribution in [3.63, 3.8) is 0 Å². The zero-order valence-electron chi connectivity index (χ0n) is 18.2. The molecule has 1 amide bonds. The molecule has 0 aliphatic heterocycles. The maximum atomic E-state index is 12.7. The molecular weight excluding hydrogens is 406 g/mol. The number of carbonyl (C=O) groups is 2. The summed E-state index contributed by atoms with van der Waals surface area (Å²) in [6, 6.07) is 5.31. The Morgan fingerprint density at radius 2 is 1.84 bits per heavy atom. The van der Waals surface area contributed by atoms with Gasteiger partial charge in [-0.25, -0.2) is 9.78 Å². The fraction of sp³-hybridized carbons (Fsp3) is 0.429. The summed E-state index contributed by atoms with van der Waals surface area (Å²) in [7, 11) is 4.32. The van der Waals surface area contributed by atoms with Crippen molar-refractivity contribution >= 4 is 11.9 Å². The number of carboxylic acids is 1. The van der Waals surface area contributed by atoms with E-state index in [1.165, 1.54) is 27.5 Å². The van der Waals surface area contributed by atoms with Crippen LogP contribution in [0.1, 0.15) is 35.3 Å². The van der Waals surface area contributed by atoms with Gasteiger partial charge in [0.2, 0.25) is 5.88 Å².